The molecule has 0 aromatic heterocycles. The van der Waals surface area contributed by atoms with E-state index in [0.717, 1.165) is 0 Å². The van der Waals surface area contributed by atoms with Crippen LogP contribution in [0.4, 0.5) is 0 Å². The van der Waals surface area contributed by atoms with Crippen LogP contribution in [0.25, 0.3) is 0 Å². The van der Waals surface area contributed by atoms with Gasteiger partial charge in [-0.2, -0.15) is 0 Å². The van der Waals surface area contributed by atoms with Crippen molar-refractivity contribution in [2.24, 2.45) is 0 Å². The fourth-order valence-corrected chi connectivity index (χ4v) is 2.15. The summed E-state index contributed by atoms with van der Waals surface area (Å²) in [5, 5.41) is 18.5. The molecule has 0 saturated carbocycles. The van der Waals surface area contributed by atoms with Crippen molar-refractivity contribution in [3.8, 4) is 0 Å². The highest BCUT2D eigenvalue weighted by Gasteiger charge is 2.19. The summed E-state index contributed by atoms with van der Waals surface area (Å²) < 4.78 is 0.660. The second-order valence-corrected chi connectivity index (χ2v) is 5.17. The van der Waals surface area contributed by atoms with Crippen LogP contribution in [0.5, 0.6) is 0 Å². The molecule has 0 fully saturated rings. The van der Waals surface area contributed by atoms with Gasteiger partial charge in [-0.3, -0.25) is 4.79 Å². The summed E-state index contributed by atoms with van der Waals surface area (Å²) >= 11 is 5.01. The van der Waals surface area contributed by atoms with Gasteiger partial charge in [-0.1, -0.05) is 28.1 Å². The largest absolute Gasteiger partial charge is 0.479 e. The van der Waals surface area contributed by atoms with E-state index in [0.29, 0.717) is 14.7 Å². The van der Waals surface area contributed by atoms with Crippen molar-refractivity contribution in [1.82, 2.24) is 0 Å². The SMILES string of the molecule is O=C(CBr)Cc1ccc(I)c(C(O)C(=O)O)c1. The van der Waals surface area contributed by atoms with Crippen LogP contribution in [0, 0.1) is 3.57 Å². The number of carbonyl (C=O) groups excluding carboxylic acids is 1. The number of hydrogen-bond acceptors (Lipinski definition) is 3. The van der Waals surface area contributed by atoms with Gasteiger partial charge in [-0.25, -0.2) is 4.79 Å². The maximum Gasteiger partial charge on any atom is 0.337 e. The van der Waals surface area contributed by atoms with Crippen LogP contribution >= 0.6 is 38.5 Å². The molecule has 17 heavy (non-hydrogen) atoms. The molecule has 1 rings (SSSR count). The monoisotopic (exact) mass is 412 g/mol. The Hall–Kier alpha value is -0.470. The molecule has 2 N–H and O–H groups in total. The van der Waals surface area contributed by atoms with Gasteiger partial charge in [-0.05, 0) is 34.2 Å². The average Bonchev–Trinajstić information content (AvgIpc) is 2.30. The van der Waals surface area contributed by atoms with Crippen LogP contribution in [0.2, 0.25) is 0 Å². The topological polar surface area (TPSA) is 74.6 Å². The maximum absolute atomic E-state index is 11.3. The molecule has 1 atom stereocenters. The molecule has 0 bridgehead atoms. The van der Waals surface area contributed by atoms with Crippen molar-refractivity contribution in [3.05, 3.63) is 32.9 Å². The first-order chi connectivity index (χ1) is 7.95. The molecule has 0 saturated heterocycles. The number of Topliss-reactive ketones (excluding diaryl/α,β-unsaturated/α-hetero) is 1. The van der Waals surface area contributed by atoms with E-state index in [1.807, 2.05) is 22.6 Å². The molecule has 0 aliphatic carbocycles. The van der Waals surface area contributed by atoms with E-state index in [9.17, 15) is 14.7 Å². The minimum Gasteiger partial charge on any atom is -0.479 e. The van der Waals surface area contributed by atoms with Gasteiger partial charge in [0.05, 0.1) is 5.33 Å². The van der Waals surface area contributed by atoms with Crippen LogP contribution in [0.3, 0.4) is 0 Å². The fourth-order valence-electron chi connectivity index (χ4n) is 1.32. The molecule has 1 aromatic carbocycles. The number of benzene rings is 1. The molecular weight excluding hydrogens is 403 g/mol. The van der Waals surface area contributed by atoms with E-state index < -0.39 is 12.1 Å². The van der Waals surface area contributed by atoms with E-state index >= 15 is 0 Å². The van der Waals surface area contributed by atoms with Gasteiger partial charge >= 0.3 is 5.97 Å². The highest BCUT2D eigenvalue weighted by Crippen LogP contribution is 2.22. The van der Waals surface area contributed by atoms with E-state index in [1.165, 1.54) is 0 Å². The highest BCUT2D eigenvalue weighted by atomic mass is 127. The van der Waals surface area contributed by atoms with E-state index in [2.05, 4.69) is 15.9 Å². The Balaban J connectivity index is 3.02. The maximum atomic E-state index is 11.3. The van der Waals surface area contributed by atoms with E-state index in [4.69, 9.17) is 5.11 Å². The third-order valence-electron chi connectivity index (χ3n) is 2.14. The number of carboxylic acids is 1. The normalized spacial score (nSPS) is 12.2. The highest BCUT2D eigenvalue weighted by molar-refractivity contribution is 14.1. The summed E-state index contributed by atoms with van der Waals surface area (Å²) in [5.74, 6) is -1.30. The number of aliphatic hydroxyl groups excluding tert-OH is 1. The van der Waals surface area contributed by atoms with E-state index in [1.54, 1.807) is 18.2 Å². The van der Waals surface area contributed by atoms with Gasteiger partial charge in [0.1, 0.15) is 5.78 Å². The zero-order chi connectivity index (χ0) is 13.0. The Morgan fingerprint density at radius 3 is 2.59 bits per heavy atom. The fraction of sp³-hybridized carbons (Fsp3) is 0.273. The lowest BCUT2D eigenvalue weighted by molar-refractivity contribution is -0.147. The molecule has 1 aromatic rings. The summed E-state index contributed by atoms with van der Waals surface area (Å²) in [6.07, 6.45) is -1.33. The molecule has 0 amide bonds. The number of carbonyl (C=O) groups is 2. The number of ketones is 1. The third kappa shape index (κ3) is 4.04. The van der Waals surface area contributed by atoms with Gasteiger partial charge in [0.25, 0.3) is 0 Å². The Morgan fingerprint density at radius 1 is 1.41 bits per heavy atom. The van der Waals surface area contributed by atoms with Crippen LogP contribution < -0.4 is 0 Å². The number of aliphatic hydroxyl groups is 1. The smallest absolute Gasteiger partial charge is 0.337 e. The Morgan fingerprint density at radius 2 is 2.06 bits per heavy atom. The Kier molecular flexibility index (Phi) is 5.54. The molecule has 0 aliphatic heterocycles. The van der Waals surface area contributed by atoms with Crippen LogP contribution in [-0.4, -0.2) is 27.3 Å². The van der Waals surface area contributed by atoms with Gasteiger partial charge in [-0.15, -0.1) is 0 Å². The van der Waals surface area contributed by atoms with Crippen molar-refractivity contribution in [2.45, 2.75) is 12.5 Å². The second kappa shape index (κ2) is 6.46. The minimum atomic E-state index is -1.55. The van der Waals surface area contributed by atoms with Gasteiger partial charge < -0.3 is 10.2 Å². The van der Waals surface area contributed by atoms with Gasteiger partial charge in [0.15, 0.2) is 6.10 Å². The first-order valence-corrected chi connectivity index (χ1v) is 6.92. The Bertz CT molecular complexity index is 447. The predicted molar refractivity (Wildman–Crippen MR) is 74.3 cm³/mol. The van der Waals surface area contributed by atoms with Gasteiger partial charge in [0, 0.05) is 15.6 Å². The van der Waals surface area contributed by atoms with Crippen molar-refractivity contribution in [1.29, 1.82) is 0 Å². The first kappa shape index (κ1) is 14.6. The van der Waals surface area contributed by atoms with Crippen LogP contribution in [0.1, 0.15) is 17.2 Å². The van der Waals surface area contributed by atoms with Crippen LogP contribution in [0.15, 0.2) is 18.2 Å². The lowest BCUT2D eigenvalue weighted by atomic mass is 10.0. The van der Waals surface area contributed by atoms with Crippen molar-refractivity contribution >= 4 is 50.3 Å². The molecule has 0 aliphatic rings. The predicted octanol–water partition coefficient (Wildman–Crippen LogP) is 1.92. The molecule has 1 unspecified atom stereocenters. The zero-order valence-corrected chi connectivity index (χ0v) is 12.4. The number of hydrogen-bond donors (Lipinski definition) is 2. The van der Waals surface area contributed by atoms with Gasteiger partial charge in [0.2, 0.25) is 0 Å². The number of alkyl halides is 1. The molecule has 92 valence electrons. The van der Waals surface area contributed by atoms with Crippen molar-refractivity contribution in [3.63, 3.8) is 0 Å². The number of halogens is 2. The molecule has 0 radical (unpaired) electrons. The molecule has 6 heteroatoms. The molecular formula is C11H10BrIO4. The molecule has 0 heterocycles. The lowest BCUT2D eigenvalue weighted by Gasteiger charge is -2.10. The summed E-state index contributed by atoms with van der Waals surface area (Å²) in [4.78, 5) is 22.0. The molecule has 4 nitrogen and oxygen atoms in total. The lowest BCUT2D eigenvalue weighted by Crippen LogP contribution is -2.13. The average molecular weight is 413 g/mol. The number of rotatable bonds is 5. The summed E-state index contributed by atoms with van der Waals surface area (Å²) in [6.45, 7) is 0. The quantitative estimate of drug-likeness (QED) is 0.572. The van der Waals surface area contributed by atoms with Crippen molar-refractivity contribution in [2.75, 3.05) is 5.33 Å². The summed E-state index contributed by atoms with van der Waals surface area (Å²) in [6, 6.07) is 5.00. The zero-order valence-electron chi connectivity index (χ0n) is 8.69. The second-order valence-electron chi connectivity index (χ2n) is 3.45. The summed E-state index contributed by atoms with van der Waals surface area (Å²) in [7, 11) is 0. The van der Waals surface area contributed by atoms with Crippen molar-refractivity contribution < 1.29 is 19.8 Å². The standard InChI is InChI=1S/C11H10BrIO4/c12-5-7(14)3-6-1-2-9(13)8(4-6)10(15)11(16)17/h1-2,4,10,15H,3,5H2,(H,16,17). The third-order valence-corrected chi connectivity index (χ3v) is 3.75. The van der Waals surface area contributed by atoms with Crippen LogP contribution in [-0.2, 0) is 16.0 Å². The Labute approximate surface area is 120 Å². The number of aliphatic carboxylic acids is 1. The van der Waals surface area contributed by atoms with E-state index in [-0.39, 0.29) is 17.5 Å². The number of carboxylic acid groups (broad SMARTS) is 1. The first-order valence-electron chi connectivity index (χ1n) is 4.72. The summed E-state index contributed by atoms with van der Waals surface area (Å²) in [5.41, 5.74) is 1.02. The minimum absolute atomic E-state index is 0.00183. The molecule has 0 spiro atoms.